The van der Waals surface area contributed by atoms with Crippen LogP contribution in [0.15, 0.2) is 41.3 Å². The molecule has 1 aliphatic rings. The van der Waals surface area contributed by atoms with Gasteiger partial charge in [0, 0.05) is 43.9 Å². The molecule has 4 aromatic rings. The van der Waals surface area contributed by atoms with Gasteiger partial charge in [-0.2, -0.15) is 5.10 Å². The van der Waals surface area contributed by atoms with Crippen LogP contribution in [0.4, 0.5) is 11.5 Å². The third-order valence-corrected chi connectivity index (χ3v) is 7.71. The third-order valence-electron chi connectivity index (χ3n) is 7.11. The highest BCUT2D eigenvalue weighted by molar-refractivity contribution is 7.97. The van der Waals surface area contributed by atoms with E-state index < -0.39 is 0 Å². The molecule has 1 amide bonds. The molecular weight excluding hydrogens is 536 g/mol. The first-order valence-corrected chi connectivity index (χ1v) is 14.4. The smallest absolute Gasteiger partial charge is 0.281 e. The standard InChI is InChI=1S/C27H31ClN8O2S/c1-15-12-18(16(2)30-20-7-8-21(28)31-24(20)26(37)34-39-4)23-19(13-15)27(38)35(3)25(32-23)17-6-5-11-36(14-17)22-9-10-29-33-22/h7-10,12-13,16-17,30H,5-6,11,14H2,1-4H3,(H,29,33)(H,34,37). The van der Waals surface area contributed by atoms with E-state index in [4.69, 9.17) is 16.6 Å². The number of fused-ring (bicyclic) bond motifs is 1. The highest BCUT2D eigenvalue weighted by Crippen LogP contribution is 2.31. The Morgan fingerprint density at radius 3 is 2.82 bits per heavy atom. The first kappa shape index (κ1) is 27.0. The zero-order chi connectivity index (χ0) is 27.7. The number of hydrogen-bond donors (Lipinski definition) is 3. The number of halogens is 1. The zero-order valence-electron chi connectivity index (χ0n) is 22.3. The zero-order valence-corrected chi connectivity index (χ0v) is 23.9. The van der Waals surface area contributed by atoms with Gasteiger partial charge in [0.25, 0.3) is 11.5 Å². The number of nitrogens with one attached hydrogen (secondary N) is 3. The number of hydrogen-bond acceptors (Lipinski definition) is 8. The molecule has 3 aromatic heterocycles. The molecular formula is C27H31ClN8O2S. The molecule has 1 fully saturated rings. The summed E-state index contributed by atoms with van der Waals surface area (Å²) >= 11 is 7.29. The lowest BCUT2D eigenvalue weighted by molar-refractivity contribution is 0.0980. The van der Waals surface area contributed by atoms with Gasteiger partial charge in [-0.3, -0.25) is 24.0 Å². The average Bonchev–Trinajstić information content (AvgIpc) is 3.47. The van der Waals surface area contributed by atoms with E-state index in [2.05, 4.69) is 30.1 Å². The summed E-state index contributed by atoms with van der Waals surface area (Å²) in [5, 5.41) is 11.3. The van der Waals surface area contributed by atoms with Crippen LogP contribution >= 0.6 is 23.5 Å². The summed E-state index contributed by atoms with van der Waals surface area (Å²) in [5.74, 6) is 1.48. The molecule has 0 saturated carbocycles. The van der Waals surface area contributed by atoms with Gasteiger partial charge in [-0.05, 0) is 50.5 Å². The van der Waals surface area contributed by atoms with E-state index >= 15 is 0 Å². The number of carbonyl (C=O) groups excluding carboxylic acids is 1. The molecule has 12 heteroatoms. The topological polar surface area (TPSA) is 121 Å². The Labute approximate surface area is 235 Å². The number of carbonyl (C=O) groups is 1. The number of H-pyrrole nitrogens is 1. The second-order valence-electron chi connectivity index (χ2n) is 9.84. The molecule has 0 bridgehead atoms. The Kier molecular flexibility index (Phi) is 7.81. The molecule has 204 valence electrons. The lowest BCUT2D eigenvalue weighted by Crippen LogP contribution is -2.37. The van der Waals surface area contributed by atoms with Crippen LogP contribution in [-0.4, -0.2) is 50.0 Å². The van der Waals surface area contributed by atoms with Crippen LogP contribution in [0, 0.1) is 6.92 Å². The van der Waals surface area contributed by atoms with Gasteiger partial charge in [0.15, 0.2) is 5.69 Å². The normalized spacial score (nSPS) is 16.3. The molecule has 2 unspecified atom stereocenters. The fourth-order valence-corrected chi connectivity index (χ4v) is 5.70. The van der Waals surface area contributed by atoms with E-state index in [0.717, 1.165) is 48.7 Å². The van der Waals surface area contributed by atoms with E-state index in [1.807, 2.05) is 32.0 Å². The van der Waals surface area contributed by atoms with E-state index in [1.165, 1.54) is 11.9 Å². The molecule has 1 saturated heterocycles. The summed E-state index contributed by atoms with van der Waals surface area (Å²) < 4.78 is 4.40. The molecule has 1 aliphatic heterocycles. The summed E-state index contributed by atoms with van der Waals surface area (Å²) in [7, 11) is 1.80. The van der Waals surface area contributed by atoms with Crippen LogP contribution in [0.3, 0.4) is 0 Å². The van der Waals surface area contributed by atoms with E-state index in [0.29, 0.717) is 16.6 Å². The second-order valence-corrected chi connectivity index (χ2v) is 10.8. The predicted molar refractivity (Wildman–Crippen MR) is 157 cm³/mol. The van der Waals surface area contributed by atoms with Crippen molar-refractivity contribution in [2.75, 3.05) is 29.6 Å². The van der Waals surface area contributed by atoms with E-state index in [9.17, 15) is 9.59 Å². The maximum absolute atomic E-state index is 13.6. The Balaban J connectivity index is 1.55. The molecule has 0 aliphatic carbocycles. The Morgan fingerprint density at radius 1 is 1.26 bits per heavy atom. The number of amides is 1. The minimum atomic E-state index is -0.345. The second kappa shape index (κ2) is 11.3. The lowest BCUT2D eigenvalue weighted by atomic mass is 9.95. The first-order chi connectivity index (χ1) is 18.8. The molecule has 0 radical (unpaired) electrons. The van der Waals surface area contributed by atoms with Gasteiger partial charge in [-0.1, -0.05) is 29.6 Å². The summed E-state index contributed by atoms with van der Waals surface area (Å²) in [4.78, 5) is 37.9. The van der Waals surface area contributed by atoms with Gasteiger partial charge in [0.1, 0.15) is 16.8 Å². The SMILES string of the molecule is CSNC(=O)c1nc(Cl)ccc1NC(C)c1cc(C)cc2c(=O)n(C)c(C3CCCN(c4ccn[nH]4)C3)nc12. The maximum Gasteiger partial charge on any atom is 0.281 e. The van der Waals surface area contributed by atoms with Crippen molar-refractivity contribution >= 4 is 51.9 Å². The number of aryl methyl sites for hydroxylation is 1. The van der Waals surface area contributed by atoms with Crippen LogP contribution in [0.1, 0.15) is 59.2 Å². The molecule has 1 aromatic carbocycles. The van der Waals surface area contributed by atoms with Crippen molar-refractivity contribution in [1.29, 1.82) is 0 Å². The number of pyridine rings is 1. The molecule has 4 heterocycles. The maximum atomic E-state index is 13.6. The number of aromatic nitrogens is 5. The van der Waals surface area contributed by atoms with Crippen LogP contribution < -0.4 is 20.5 Å². The summed E-state index contributed by atoms with van der Waals surface area (Å²) in [5.41, 5.74) is 3.16. The number of rotatable bonds is 7. The number of aromatic amines is 1. The predicted octanol–water partition coefficient (Wildman–Crippen LogP) is 4.58. The highest BCUT2D eigenvalue weighted by Gasteiger charge is 2.27. The minimum Gasteiger partial charge on any atom is -0.377 e. The van der Waals surface area contributed by atoms with Crippen molar-refractivity contribution < 1.29 is 4.79 Å². The monoisotopic (exact) mass is 566 g/mol. The van der Waals surface area contributed by atoms with Crippen LogP contribution in [-0.2, 0) is 7.05 Å². The van der Waals surface area contributed by atoms with Gasteiger partial charge < -0.3 is 10.2 Å². The van der Waals surface area contributed by atoms with Crippen LogP contribution in [0.25, 0.3) is 10.9 Å². The average molecular weight is 567 g/mol. The first-order valence-electron chi connectivity index (χ1n) is 12.8. The van der Waals surface area contributed by atoms with Crippen molar-refractivity contribution in [1.82, 2.24) is 29.5 Å². The molecule has 2 atom stereocenters. The number of piperidine rings is 1. The van der Waals surface area contributed by atoms with Crippen LogP contribution in [0.5, 0.6) is 0 Å². The number of nitrogens with zero attached hydrogens (tertiary/aromatic N) is 5. The van der Waals surface area contributed by atoms with Gasteiger partial charge in [0.2, 0.25) is 0 Å². The van der Waals surface area contributed by atoms with Crippen molar-refractivity contribution in [2.24, 2.45) is 7.05 Å². The van der Waals surface area contributed by atoms with Crippen molar-refractivity contribution in [3.8, 4) is 0 Å². The molecule has 39 heavy (non-hydrogen) atoms. The van der Waals surface area contributed by atoms with E-state index in [1.54, 1.807) is 36.2 Å². The largest absolute Gasteiger partial charge is 0.377 e. The molecule has 10 nitrogen and oxygen atoms in total. The van der Waals surface area contributed by atoms with Gasteiger partial charge in [-0.15, -0.1) is 0 Å². The van der Waals surface area contributed by atoms with E-state index in [-0.39, 0.29) is 34.3 Å². The fourth-order valence-electron chi connectivity index (χ4n) is 5.27. The third kappa shape index (κ3) is 5.46. The lowest BCUT2D eigenvalue weighted by Gasteiger charge is -2.33. The molecule has 5 rings (SSSR count). The highest BCUT2D eigenvalue weighted by atomic mass is 35.5. The summed E-state index contributed by atoms with van der Waals surface area (Å²) in [6.45, 7) is 5.62. The summed E-state index contributed by atoms with van der Waals surface area (Å²) in [6, 6.07) is 8.99. The van der Waals surface area contributed by atoms with Crippen molar-refractivity contribution in [3.63, 3.8) is 0 Å². The number of benzene rings is 1. The Bertz CT molecular complexity index is 1570. The minimum absolute atomic E-state index is 0.0704. The quantitative estimate of drug-likeness (QED) is 0.220. The van der Waals surface area contributed by atoms with Crippen molar-refractivity contribution in [3.05, 3.63) is 74.7 Å². The Hall–Kier alpha value is -3.57. The summed E-state index contributed by atoms with van der Waals surface area (Å²) in [6.07, 6.45) is 5.44. The van der Waals surface area contributed by atoms with Gasteiger partial charge in [0.05, 0.1) is 28.8 Å². The van der Waals surface area contributed by atoms with Gasteiger partial charge in [-0.25, -0.2) is 9.97 Å². The van der Waals surface area contributed by atoms with Crippen LogP contribution in [0.2, 0.25) is 5.15 Å². The Morgan fingerprint density at radius 2 is 2.08 bits per heavy atom. The fraction of sp³-hybridized carbons (Fsp3) is 0.370. The van der Waals surface area contributed by atoms with Gasteiger partial charge >= 0.3 is 0 Å². The molecule has 3 N–H and O–H groups in total. The van der Waals surface area contributed by atoms with Crippen molar-refractivity contribution in [2.45, 2.75) is 38.6 Å². The number of anilines is 2. The molecule has 0 spiro atoms.